The maximum absolute atomic E-state index is 8.84. The molecule has 16 heavy (non-hydrogen) atoms. The van der Waals surface area contributed by atoms with E-state index in [1.807, 2.05) is 13.8 Å². The fourth-order valence-electron chi connectivity index (χ4n) is 1.18. The number of hydrogen-bond acceptors (Lipinski definition) is 4. The van der Waals surface area contributed by atoms with E-state index in [9.17, 15) is 0 Å². The monoisotopic (exact) mass is 228 g/mol. The van der Waals surface area contributed by atoms with Crippen LogP contribution in [0.25, 0.3) is 0 Å². The van der Waals surface area contributed by atoms with Crippen molar-refractivity contribution in [1.29, 1.82) is 5.26 Å². The molecule has 0 aliphatic heterocycles. The summed E-state index contributed by atoms with van der Waals surface area (Å²) in [5.41, 5.74) is 0. The summed E-state index contributed by atoms with van der Waals surface area (Å²) in [5.74, 6) is 0. The van der Waals surface area contributed by atoms with E-state index in [1.54, 1.807) is 0 Å². The Morgan fingerprint density at radius 1 is 1.25 bits per heavy atom. The molecule has 4 nitrogen and oxygen atoms in total. The first-order valence-corrected chi connectivity index (χ1v) is 6.03. The van der Waals surface area contributed by atoms with E-state index < -0.39 is 0 Å². The molecule has 0 aromatic carbocycles. The van der Waals surface area contributed by atoms with Crippen molar-refractivity contribution in [2.75, 3.05) is 26.4 Å². The molecule has 1 unspecified atom stereocenters. The van der Waals surface area contributed by atoms with E-state index in [4.69, 9.17) is 14.7 Å². The van der Waals surface area contributed by atoms with Crippen LogP contribution in [0.15, 0.2) is 0 Å². The lowest BCUT2D eigenvalue weighted by molar-refractivity contribution is 0.0182. The average molecular weight is 228 g/mol. The Kier molecular flexibility index (Phi) is 10.4. The summed E-state index contributed by atoms with van der Waals surface area (Å²) >= 11 is 0. The van der Waals surface area contributed by atoms with Gasteiger partial charge >= 0.3 is 0 Å². The second-order valence-electron chi connectivity index (χ2n) is 3.96. The van der Waals surface area contributed by atoms with Gasteiger partial charge in [-0.3, -0.25) is 0 Å². The van der Waals surface area contributed by atoms with Crippen LogP contribution in [0.2, 0.25) is 0 Å². The number of rotatable bonds is 10. The molecule has 0 aromatic heterocycles. The van der Waals surface area contributed by atoms with Crippen LogP contribution in [0.4, 0.5) is 0 Å². The minimum atomic E-state index is -0.0917. The molecule has 0 saturated carbocycles. The molecule has 0 amide bonds. The van der Waals surface area contributed by atoms with Gasteiger partial charge < -0.3 is 14.8 Å². The molecule has 0 bridgehead atoms. The van der Waals surface area contributed by atoms with Crippen molar-refractivity contribution < 1.29 is 9.47 Å². The topological polar surface area (TPSA) is 54.3 Å². The molecule has 0 aliphatic carbocycles. The molecular weight excluding hydrogens is 204 g/mol. The molecule has 0 aliphatic rings. The van der Waals surface area contributed by atoms with E-state index in [0.29, 0.717) is 19.8 Å². The van der Waals surface area contributed by atoms with Gasteiger partial charge in [-0.15, -0.1) is 0 Å². The zero-order valence-electron chi connectivity index (χ0n) is 10.7. The molecule has 0 saturated heterocycles. The molecule has 0 heterocycles. The first kappa shape index (κ1) is 15.4. The van der Waals surface area contributed by atoms with Crippen LogP contribution in [0, 0.1) is 11.3 Å². The predicted molar refractivity (Wildman–Crippen MR) is 64.2 cm³/mol. The van der Waals surface area contributed by atoms with Crippen LogP contribution < -0.4 is 5.32 Å². The number of ether oxygens (including phenoxy) is 2. The molecule has 0 rings (SSSR count). The van der Waals surface area contributed by atoms with Gasteiger partial charge in [0.15, 0.2) is 0 Å². The lowest BCUT2D eigenvalue weighted by atomic mass is 10.2. The van der Waals surface area contributed by atoms with Crippen LogP contribution in [-0.2, 0) is 9.47 Å². The molecule has 0 radical (unpaired) electrons. The second-order valence-corrected chi connectivity index (χ2v) is 3.96. The van der Waals surface area contributed by atoms with Crippen molar-refractivity contribution in [1.82, 2.24) is 5.32 Å². The lowest BCUT2D eigenvalue weighted by Gasteiger charge is -2.11. The predicted octanol–water partition coefficient (Wildman–Crippen LogP) is 1.71. The SMILES string of the molecule is CCCNC(C#N)CCOCCOC(C)C. The Balaban J connectivity index is 3.31. The maximum atomic E-state index is 8.84. The Hall–Kier alpha value is -0.630. The fraction of sp³-hybridized carbons (Fsp3) is 0.917. The summed E-state index contributed by atoms with van der Waals surface area (Å²) in [6.45, 7) is 8.80. The van der Waals surface area contributed by atoms with Crippen molar-refractivity contribution in [2.45, 2.75) is 45.8 Å². The highest BCUT2D eigenvalue weighted by Gasteiger charge is 2.04. The highest BCUT2D eigenvalue weighted by molar-refractivity contribution is 4.89. The smallest absolute Gasteiger partial charge is 0.0975 e. The largest absolute Gasteiger partial charge is 0.379 e. The van der Waals surface area contributed by atoms with Gasteiger partial charge in [-0.2, -0.15) is 5.26 Å². The summed E-state index contributed by atoms with van der Waals surface area (Å²) in [7, 11) is 0. The van der Waals surface area contributed by atoms with Crippen LogP contribution in [0.5, 0.6) is 0 Å². The van der Waals surface area contributed by atoms with Crippen molar-refractivity contribution in [3.05, 3.63) is 0 Å². The molecule has 1 atom stereocenters. The van der Waals surface area contributed by atoms with Gasteiger partial charge in [-0.25, -0.2) is 0 Å². The molecule has 0 fully saturated rings. The van der Waals surface area contributed by atoms with Crippen LogP contribution in [0.3, 0.4) is 0 Å². The van der Waals surface area contributed by atoms with Gasteiger partial charge in [-0.1, -0.05) is 6.92 Å². The van der Waals surface area contributed by atoms with Crippen molar-refractivity contribution in [3.63, 3.8) is 0 Å². The van der Waals surface area contributed by atoms with Crippen LogP contribution in [-0.4, -0.2) is 38.5 Å². The summed E-state index contributed by atoms with van der Waals surface area (Å²) in [6.07, 6.45) is 2.03. The molecule has 0 spiro atoms. The zero-order valence-corrected chi connectivity index (χ0v) is 10.7. The molecular formula is C12H24N2O2. The van der Waals surface area contributed by atoms with Crippen molar-refractivity contribution in [3.8, 4) is 6.07 Å². The summed E-state index contributed by atoms with van der Waals surface area (Å²) in [5, 5.41) is 12.0. The molecule has 0 aromatic rings. The summed E-state index contributed by atoms with van der Waals surface area (Å²) in [4.78, 5) is 0. The number of nitrogens with zero attached hydrogens (tertiary/aromatic N) is 1. The quantitative estimate of drug-likeness (QED) is 0.578. The van der Waals surface area contributed by atoms with E-state index in [2.05, 4.69) is 18.3 Å². The summed E-state index contributed by atoms with van der Waals surface area (Å²) in [6, 6.07) is 2.13. The Labute approximate surface area is 98.9 Å². The van der Waals surface area contributed by atoms with Gasteiger partial charge in [0, 0.05) is 6.61 Å². The van der Waals surface area contributed by atoms with Gasteiger partial charge in [0.05, 0.1) is 31.4 Å². The Morgan fingerprint density at radius 2 is 2.00 bits per heavy atom. The maximum Gasteiger partial charge on any atom is 0.0975 e. The van der Waals surface area contributed by atoms with E-state index in [-0.39, 0.29) is 12.1 Å². The van der Waals surface area contributed by atoms with Gasteiger partial charge in [-0.05, 0) is 33.2 Å². The van der Waals surface area contributed by atoms with Crippen LogP contribution >= 0.6 is 0 Å². The third-order valence-corrected chi connectivity index (χ3v) is 2.03. The number of nitriles is 1. The number of nitrogens with one attached hydrogen (secondary N) is 1. The van der Waals surface area contributed by atoms with Crippen molar-refractivity contribution in [2.24, 2.45) is 0 Å². The third kappa shape index (κ3) is 9.91. The standard InChI is InChI=1S/C12H24N2O2/c1-4-6-14-12(10-13)5-7-15-8-9-16-11(2)3/h11-12,14H,4-9H2,1-3H3. The third-order valence-electron chi connectivity index (χ3n) is 2.03. The Bertz CT molecular complexity index is 190. The Morgan fingerprint density at radius 3 is 2.56 bits per heavy atom. The zero-order chi connectivity index (χ0) is 12.2. The molecule has 94 valence electrons. The normalized spacial score (nSPS) is 12.7. The van der Waals surface area contributed by atoms with Crippen molar-refractivity contribution >= 4 is 0 Å². The minimum absolute atomic E-state index is 0.0917. The van der Waals surface area contributed by atoms with Crippen LogP contribution in [0.1, 0.15) is 33.6 Å². The fourth-order valence-corrected chi connectivity index (χ4v) is 1.18. The van der Waals surface area contributed by atoms with Gasteiger partial charge in [0.1, 0.15) is 0 Å². The first-order valence-electron chi connectivity index (χ1n) is 6.03. The van der Waals surface area contributed by atoms with E-state index in [1.165, 1.54) is 0 Å². The average Bonchev–Trinajstić information content (AvgIpc) is 2.26. The van der Waals surface area contributed by atoms with Gasteiger partial charge in [0.25, 0.3) is 0 Å². The highest BCUT2D eigenvalue weighted by Crippen LogP contribution is 1.93. The molecule has 4 heteroatoms. The number of hydrogen-bond donors (Lipinski definition) is 1. The molecule has 1 N–H and O–H groups in total. The van der Waals surface area contributed by atoms with E-state index in [0.717, 1.165) is 19.4 Å². The first-order chi connectivity index (χ1) is 7.70. The van der Waals surface area contributed by atoms with Gasteiger partial charge in [0.2, 0.25) is 0 Å². The summed E-state index contributed by atoms with van der Waals surface area (Å²) < 4.78 is 10.7. The highest BCUT2D eigenvalue weighted by atomic mass is 16.5. The second kappa shape index (κ2) is 10.9. The minimum Gasteiger partial charge on any atom is -0.379 e. The van der Waals surface area contributed by atoms with E-state index >= 15 is 0 Å². The lowest BCUT2D eigenvalue weighted by Crippen LogP contribution is -2.29.